The van der Waals surface area contributed by atoms with Gasteiger partial charge in [-0.1, -0.05) is 168 Å². The summed E-state index contributed by atoms with van der Waals surface area (Å²) in [5, 5.41) is 4.19. The third-order valence-electron chi connectivity index (χ3n) is 14.3. The van der Waals surface area contributed by atoms with Crippen molar-refractivity contribution in [1.29, 1.82) is 0 Å². The summed E-state index contributed by atoms with van der Waals surface area (Å²) in [4.78, 5) is 48.9. The Morgan fingerprint density at radius 1 is 0.368 bits per heavy atom. The molecule has 4 aromatic carbocycles. The number of nitrogens with zero attached hydrogens (tertiary/aromatic N) is 2. The fraction of sp³-hybridized carbons (Fsp3) is 0.258. The first-order valence-electron chi connectivity index (χ1n) is 23.9. The van der Waals surface area contributed by atoms with Crippen LogP contribution in [0.25, 0.3) is 111 Å². The summed E-state index contributed by atoms with van der Waals surface area (Å²) in [6.07, 6.45) is 4.33. The predicted octanol–water partition coefficient (Wildman–Crippen LogP) is 15.4. The molecule has 6 heteroatoms. The van der Waals surface area contributed by atoms with Crippen LogP contribution >= 0.6 is 0 Å². The van der Waals surface area contributed by atoms with E-state index in [0.717, 1.165) is 77.3 Å². The Morgan fingerprint density at radius 3 is 1.03 bits per heavy atom. The molecular formula is C62H58N4O2. The molecule has 5 heterocycles. The summed E-state index contributed by atoms with van der Waals surface area (Å²) in [6.45, 7) is 27.2. The Morgan fingerprint density at radius 2 is 0.691 bits per heavy atom. The maximum atomic E-state index is 15.0. The van der Waals surface area contributed by atoms with Gasteiger partial charge in [-0.2, -0.15) is 0 Å². The summed E-state index contributed by atoms with van der Waals surface area (Å²) in [5.74, 6) is 0. The van der Waals surface area contributed by atoms with Crippen molar-refractivity contribution in [2.75, 3.05) is 0 Å². The molecule has 0 saturated heterocycles. The molecule has 4 aliphatic rings. The molecule has 0 atom stereocenters. The zero-order valence-corrected chi connectivity index (χ0v) is 41.3. The van der Waals surface area contributed by atoms with Crippen molar-refractivity contribution in [3.8, 4) is 44.8 Å². The van der Waals surface area contributed by atoms with Gasteiger partial charge in [0.15, 0.2) is 10.9 Å². The van der Waals surface area contributed by atoms with Crippen molar-refractivity contribution in [3.63, 3.8) is 0 Å². The molecule has 7 aromatic rings. The molecule has 8 bridgehead atoms. The first-order valence-corrected chi connectivity index (χ1v) is 23.9. The van der Waals surface area contributed by atoms with Crippen LogP contribution < -0.4 is 10.9 Å². The number of aromatic amines is 2. The van der Waals surface area contributed by atoms with Crippen LogP contribution in [0, 0.1) is 0 Å². The van der Waals surface area contributed by atoms with Gasteiger partial charge in [-0.3, -0.25) is 9.59 Å². The molecule has 2 aliphatic heterocycles. The Balaban J connectivity index is 1.41. The molecule has 0 amide bonds. The lowest BCUT2D eigenvalue weighted by Crippen LogP contribution is -2.16. The van der Waals surface area contributed by atoms with Crippen LogP contribution in [-0.2, 0) is 21.7 Å². The number of hydrogen-bond donors (Lipinski definition) is 2. The van der Waals surface area contributed by atoms with Gasteiger partial charge < -0.3 is 9.97 Å². The maximum Gasteiger partial charge on any atom is 0.196 e. The first kappa shape index (κ1) is 43.4. The molecule has 0 fully saturated rings. The third-order valence-corrected chi connectivity index (χ3v) is 14.3. The fourth-order valence-corrected chi connectivity index (χ4v) is 10.3. The molecule has 0 unspecified atom stereocenters. The van der Waals surface area contributed by atoms with Crippen molar-refractivity contribution in [1.82, 2.24) is 19.9 Å². The number of fused-ring (bicyclic) bond motifs is 13. The molecule has 0 spiro atoms. The number of benzene rings is 6. The molecule has 68 heavy (non-hydrogen) atoms. The van der Waals surface area contributed by atoms with Crippen molar-refractivity contribution >= 4 is 66.5 Å². The Bertz CT molecular complexity index is 3610. The zero-order valence-electron chi connectivity index (χ0n) is 41.3. The van der Waals surface area contributed by atoms with Crippen molar-refractivity contribution in [3.05, 3.63) is 163 Å². The second-order valence-corrected chi connectivity index (χ2v) is 23.2. The van der Waals surface area contributed by atoms with Crippen LogP contribution in [0.5, 0.6) is 0 Å². The fourth-order valence-electron chi connectivity index (χ4n) is 10.3. The molecule has 0 saturated carbocycles. The van der Waals surface area contributed by atoms with Crippen LogP contribution in [0.4, 0.5) is 0 Å². The standard InChI is InChI=1S/C62H58N4O2/c1-59(2,3)35-27-33(28-36(31-35)60(4,5)6)49-43-21-22-44(63-43)50(34-29-37(61(7,8)9)32-38(30-34)62(10,11)12)46-24-26-48(65-46)52-40-18-14-16-20-42(40)58(68)54-53-55(66-56(52)54)51(47-25-23-45(49)64-47)39-17-13-15-19-41(39)57(53)67/h13-32,64-65H,1-12H3. The van der Waals surface area contributed by atoms with E-state index in [4.69, 9.17) is 9.97 Å². The lowest BCUT2D eigenvalue weighted by Gasteiger charge is -2.26. The number of hydrogen-bond acceptors (Lipinski definition) is 4. The summed E-state index contributed by atoms with van der Waals surface area (Å²) in [5.41, 5.74) is 14.8. The second-order valence-electron chi connectivity index (χ2n) is 23.2. The van der Waals surface area contributed by atoms with E-state index in [2.05, 4.69) is 166 Å². The number of nitrogens with one attached hydrogen (secondary N) is 2. The third kappa shape index (κ3) is 6.82. The summed E-state index contributed by atoms with van der Waals surface area (Å²) < 4.78 is 0. The SMILES string of the molecule is CC(C)(C)c1cc(-c2c3nc(c(-c4cc(C(C)(C)C)cc(C(C)(C)C)c4)c4ccc([nH]4)c4c5nc6c(c7ccc2[nH]7)c2ccccc2c(=O)c-6c-5c(=O)c2ccccc24)C=C3)cc(C(C)(C)C)c1. The maximum absolute atomic E-state index is 15.0. The van der Waals surface area contributed by atoms with Crippen molar-refractivity contribution < 1.29 is 0 Å². The van der Waals surface area contributed by atoms with Crippen LogP contribution in [-0.4, -0.2) is 19.9 Å². The topological polar surface area (TPSA) is 91.5 Å². The molecule has 11 rings (SSSR count). The van der Waals surface area contributed by atoms with E-state index < -0.39 is 0 Å². The minimum absolute atomic E-state index is 0.129. The molecule has 0 radical (unpaired) electrons. The van der Waals surface area contributed by atoms with E-state index in [0.29, 0.717) is 33.3 Å². The van der Waals surface area contributed by atoms with E-state index in [1.54, 1.807) is 0 Å². The number of rotatable bonds is 2. The van der Waals surface area contributed by atoms with Gasteiger partial charge in [0.1, 0.15) is 0 Å². The summed E-state index contributed by atoms with van der Waals surface area (Å²) in [6, 6.07) is 37.9. The van der Waals surface area contributed by atoms with E-state index in [1.165, 1.54) is 22.3 Å². The van der Waals surface area contributed by atoms with Crippen LogP contribution in [0.2, 0.25) is 0 Å². The summed E-state index contributed by atoms with van der Waals surface area (Å²) in [7, 11) is 0. The van der Waals surface area contributed by atoms with E-state index >= 15 is 0 Å². The van der Waals surface area contributed by atoms with E-state index in [-0.39, 0.29) is 32.5 Å². The average Bonchev–Trinajstić information content (AvgIpc) is 4.11. The van der Waals surface area contributed by atoms with Crippen molar-refractivity contribution in [2.24, 2.45) is 0 Å². The van der Waals surface area contributed by atoms with Crippen LogP contribution in [0.15, 0.2) is 119 Å². The Hall–Kier alpha value is -7.18. The van der Waals surface area contributed by atoms with E-state index in [9.17, 15) is 9.59 Å². The molecule has 2 N–H and O–H groups in total. The second kappa shape index (κ2) is 14.7. The van der Waals surface area contributed by atoms with Gasteiger partial charge in [0.2, 0.25) is 0 Å². The first-order chi connectivity index (χ1) is 32.1. The lowest BCUT2D eigenvalue weighted by atomic mass is 9.78. The van der Waals surface area contributed by atoms with Gasteiger partial charge in [-0.25, -0.2) is 9.97 Å². The van der Waals surface area contributed by atoms with Crippen LogP contribution in [0.1, 0.15) is 117 Å². The minimum Gasteiger partial charge on any atom is -0.354 e. The quantitative estimate of drug-likeness (QED) is 0.181. The van der Waals surface area contributed by atoms with E-state index in [1.807, 2.05) is 48.5 Å². The molecular weight excluding hydrogens is 833 g/mol. The van der Waals surface area contributed by atoms with Gasteiger partial charge in [-0.15, -0.1) is 0 Å². The smallest absolute Gasteiger partial charge is 0.196 e. The largest absolute Gasteiger partial charge is 0.354 e. The minimum atomic E-state index is -0.199. The van der Waals surface area contributed by atoms with Crippen molar-refractivity contribution in [2.45, 2.75) is 105 Å². The highest BCUT2D eigenvalue weighted by Gasteiger charge is 2.32. The van der Waals surface area contributed by atoms with Gasteiger partial charge in [0.25, 0.3) is 0 Å². The highest BCUT2D eigenvalue weighted by molar-refractivity contribution is 6.21. The lowest BCUT2D eigenvalue weighted by molar-refractivity contribution is 0.568. The molecule has 2 aliphatic carbocycles. The highest BCUT2D eigenvalue weighted by atomic mass is 16.1. The monoisotopic (exact) mass is 890 g/mol. The van der Waals surface area contributed by atoms with Gasteiger partial charge >= 0.3 is 0 Å². The molecule has 338 valence electrons. The molecule has 6 nitrogen and oxygen atoms in total. The number of aromatic nitrogens is 4. The normalized spacial score (nSPS) is 13.4. The average molecular weight is 891 g/mol. The van der Waals surface area contributed by atoms with Gasteiger partial charge in [0, 0.05) is 54.7 Å². The highest BCUT2D eigenvalue weighted by Crippen LogP contribution is 2.46. The van der Waals surface area contributed by atoms with Gasteiger partial charge in [0.05, 0.1) is 33.9 Å². The zero-order chi connectivity index (χ0) is 48.0. The predicted molar refractivity (Wildman–Crippen MR) is 287 cm³/mol. The number of H-pyrrole nitrogens is 2. The van der Waals surface area contributed by atoms with Crippen LogP contribution in [0.3, 0.4) is 0 Å². The Kier molecular flexibility index (Phi) is 9.35. The molecule has 3 aromatic heterocycles. The van der Waals surface area contributed by atoms with Gasteiger partial charge in [-0.05, 0) is 102 Å². The Labute approximate surface area is 397 Å². The summed E-state index contributed by atoms with van der Waals surface area (Å²) >= 11 is 0.